The second kappa shape index (κ2) is 5.45. The van der Waals surface area contributed by atoms with Gasteiger partial charge in [0.05, 0.1) is 0 Å². The third-order valence-corrected chi connectivity index (χ3v) is 2.44. The Bertz CT molecular complexity index is 439. The van der Waals surface area contributed by atoms with Crippen LogP contribution in [0.25, 0.3) is 0 Å². The van der Waals surface area contributed by atoms with Crippen LogP contribution in [0.5, 0.6) is 0 Å². The Morgan fingerprint density at radius 3 is 2.47 bits per heavy atom. The molecule has 5 nitrogen and oxygen atoms in total. The van der Waals surface area contributed by atoms with Crippen LogP contribution in [0, 0.1) is 6.92 Å². The number of hydrogen-bond donors (Lipinski definition) is 3. The van der Waals surface area contributed by atoms with Gasteiger partial charge in [-0.3, -0.25) is 4.79 Å². The summed E-state index contributed by atoms with van der Waals surface area (Å²) in [5.41, 5.74) is 1.71. The maximum atomic E-state index is 10.7. The molecule has 0 amide bonds. The van der Waals surface area contributed by atoms with E-state index in [2.05, 4.69) is 0 Å². The molecule has 0 radical (unpaired) electrons. The van der Waals surface area contributed by atoms with Crippen LogP contribution >= 0.6 is 0 Å². The molecule has 1 rings (SSSR count). The van der Waals surface area contributed by atoms with Crippen molar-refractivity contribution in [3.63, 3.8) is 0 Å². The Hall–Kier alpha value is -1.88. The van der Waals surface area contributed by atoms with Gasteiger partial charge in [0.15, 0.2) is 6.10 Å². The maximum absolute atomic E-state index is 10.7. The van der Waals surface area contributed by atoms with Gasteiger partial charge in [-0.05, 0) is 24.5 Å². The van der Waals surface area contributed by atoms with E-state index >= 15 is 0 Å². The predicted molar refractivity (Wildman–Crippen MR) is 59.7 cm³/mol. The van der Waals surface area contributed by atoms with Crippen molar-refractivity contribution in [2.24, 2.45) is 0 Å². The molecule has 0 spiro atoms. The number of aliphatic hydroxyl groups is 1. The zero-order chi connectivity index (χ0) is 13.0. The Morgan fingerprint density at radius 2 is 1.94 bits per heavy atom. The fourth-order valence-electron chi connectivity index (χ4n) is 1.59. The van der Waals surface area contributed by atoms with Crippen LogP contribution in [0.3, 0.4) is 0 Å². The van der Waals surface area contributed by atoms with Crippen LogP contribution < -0.4 is 0 Å². The Morgan fingerprint density at radius 1 is 1.29 bits per heavy atom. The van der Waals surface area contributed by atoms with Crippen LogP contribution in [-0.2, 0) is 16.0 Å². The first kappa shape index (κ1) is 13.2. The summed E-state index contributed by atoms with van der Waals surface area (Å²) in [4.78, 5) is 21.2. The minimum atomic E-state index is -1.61. The van der Waals surface area contributed by atoms with E-state index < -0.39 is 18.0 Å². The normalized spacial score (nSPS) is 12.1. The van der Waals surface area contributed by atoms with Gasteiger partial charge < -0.3 is 15.3 Å². The molecule has 0 aliphatic carbocycles. The Labute approximate surface area is 98.3 Å². The van der Waals surface area contributed by atoms with Crippen LogP contribution in [0.2, 0.25) is 0 Å². The van der Waals surface area contributed by atoms with Crippen molar-refractivity contribution in [1.82, 2.24) is 0 Å². The summed E-state index contributed by atoms with van der Waals surface area (Å²) >= 11 is 0. The van der Waals surface area contributed by atoms with E-state index in [0.717, 1.165) is 5.56 Å². The first-order valence-corrected chi connectivity index (χ1v) is 5.14. The molecule has 0 aliphatic rings. The van der Waals surface area contributed by atoms with Gasteiger partial charge in [0.25, 0.3) is 0 Å². The lowest BCUT2D eigenvalue weighted by molar-refractivity contribution is -0.147. The standard InChI is InChI=1S/C12H14O5/c1-7-2-4-9(11(15)12(16)17)8(6-7)3-5-10(13)14/h2,4,6,11,15H,3,5H2,1H3,(H,13,14)(H,16,17). The molecule has 3 N–H and O–H groups in total. The molecule has 0 aliphatic heterocycles. The number of hydrogen-bond acceptors (Lipinski definition) is 3. The molecule has 1 aromatic rings. The molecular formula is C12H14O5. The van der Waals surface area contributed by atoms with Gasteiger partial charge >= 0.3 is 11.9 Å². The highest BCUT2D eigenvalue weighted by molar-refractivity contribution is 5.75. The van der Waals surface area contributed by atoms with Crippen LogP contribution in [0.4, 0.5) is 0 Å². The monoisotopic (exact) mass is 238 g/mol. The molecule has 0 heterocycles. The highest BCUT2D eigenvalue weighted by Gasteiger charge is 2.19. The lowest BCUT2D eigenvalue weighted by Crippen LogP contribution is -2.13. The second-order valence-electron chi connectivity index (χ2n) is 3.84. The SMILES string of the molecule is Cc1ccc(C(O)C(=O)O)c(CCC(=O)O)c1. The van der Waals surface area contributed by atoms with E-state index in [1.54, 1.807) is 12.1 Å². The van der Waals surface area contributed by atoms with E-state index in [1.807, 2.05) is 6.92 Å². The van der Waals surface area contributed by atoms with Crippen molar-refractivity contribution in [2.45, 2.75) is 25.9 Å². The number of carboxylic acids is 2. The molecule has 0 fully saturated rings. The van der Waals surface area contributed by atoms with Crippen molar-refractivity contribution in [2.75, 3.05) is 0 Å². The van der Waals surface area contributed by atoms with Crippen molar-refractivity contribution < 1.29 is 24.9 Å². The van der Waals surface area contributed by atoms with E-state index in [1.165, 1.54) is 6.07 Å². The van der Waals surface area contributed by atoms with Crippen LogP contribution in [-0.4, -0.2) is 27.3 Å². The largest absolute Gasteiger partial charge is 0.481 e. The quantitative estimate of drug-likeness (QED) is 0.714. The fourth-order valence-corrected chi connectivity index (χ4v) is 1.59. The van der Waals surface area contributed by atoms with E-state index in [-0.39, 0.29) is 18.4 Å². The number of rotatable bonds is 5. The van der Waals surface area contributed by atoms with Gasteiger partial charge in [-0.1, -0.05) is 23.8 Å². The van der Waals surface area contributed by atoms with Crippen molar-refractivity contribution >= 4 is 11.9 Å². The zero-order valence-corrected chi connectivity index (χ0v) is 9.38. The molecule has 0 bridgehead atoms. The minimum absolute atomic E-state index is 0.0945. The number of aliphatic carboxylic acids is 2. The number of carbonyl (C=O) groups is 2. The molecule has 0 aromatic heterocycles. The summed E-state index contributed by atoms with van der Waals surface area (Å²) < 4.78 is 0. The summed E-state index contributed by atoms with van der Waals surface area (Å²) in [6.45, 7) is 1.82. The van der Waals surface area contributed by atoms with Crippen molar-refractivity contribution in [3.8, 4) is 0 Å². The molecule has 92 valence electrons. The first-order valence-electron chi connectivity index (χ1n) is 5.14. The molecule has 1 unspecified atom stereocenters. The number of aliphatic hydroxyl groups excluding tert-OH is 1. The van der Waals surface area contributed by atoms with Gasteiger partial charge in [0.2, 0.25) is 0 Å². The third kappa shape index (κ3) is 3.57. The van der Waals surface area contributed by atoms with Gasteiger partial charge in [-0.25, -0.2) is 4.79 Å². The topological polar surface area (TPSA) is 94.8 Å². The van der Waals surface area contributed by atoms with Gasteiger partial charge in [-0.2, -0.15) is 0 Å². The lowest BCUT2D eigenvalue weighted by atomic mass is 9.96. The summed E-state index contributed by atoms with van der Waals surface area (Å²) in [5.74, 6) is -2.30. The lowest BCUT2D eigenvalue weighted by Gasteiger charge is -2.12. The van der Waals surface area contributed by atoms with E-state index in [9.17, 15) is 14.7 Å². The van der Waals surface area contributed by atoms with Crippen molar-refractivity contribution in [3.05, 3.63) is 34.9 Å². The van der Waals surface area contributed by atoms with Crippen molar-refractivity contribution in [1.29, 1.82) is 0 Å². The molecule has 1 aromatic carbocycles. The van der Waals surface area contributed by atoms with Gasteiger partial charge in [-0.15, -0.1) is 0 Å². The highest BCUT2D eigenvalue weighted by atomic mass is 16.4. The Balaban J connectivity index is 3.03. The molecule has 0 saturated carbocycles. The van der Waals surface area contributed by atoms with E-state index in [4.69, 9.17) is 10.2 Å². The summed E-state index contributed by atoms with van der Waals surface area (Å²) in [5, 5.41) is 26.8. The minimum Gasteiger partial charge on any atom is -0.481 e. The second-order valence-corrected chi connectivity index (χ2v) is 3.84. The smallest absolute Gasteiger partial charge is 0.337 e. The molecular weight excluding hydrogens is 224 g/mol. The summed E-state index contributed by atoms with van der Waals surface area (Å²) in [7, 11) is 0. The van der Waals surface area contributed by atoms with Crippen LogP contribution in [0.1, 0.15) is 29.2 Å². The molecule has 17 heavy (non-hydrogen) atoms. The van der Waals surface area contributed by atoms with Gasteiger partial charge in [0.1, 0.15) is 0 Å². The highest BCUT2D eigenvalue weighted by Crippen LogP contribution is 2.21. The van der Waals surface area contributed by atoms with Crippen LogP contribution in [0.15, 0.2) is 18.2 Å². The third-order valence-electron chi connectivity index (χ3n) is 2.44. The average Bonchev–Trinajstić information content (AvgIpc) is 2.25. The average molecular weight is 238 g/mol. The summed E-state index contributed by atoms with van der Waals surface area (Å²) in [6.07, 6.45) is -1.50. The maximum Gasteiger partial charge on any atom is 0.337 e. The molecule has 0 saturated heterocycles. The molecule has 1 atom stereocenters. The predicted octanol–water partition coefficient (Wildman–Crippen LogP) is 1.13. The summed E-state index contributed by atoms with van der Waals surface area (Å²) in [6, 6.07) is 4.90. The number of benzene rings is 1. The number of carboxylic acid groups (broad SMARTS) is 2. The Kier molecular flexibility index (Phi) is 4.23. The molecule has 5 heteroatoms. The zero-order valence-electron chi connectivity index (χ0n) is 9.38. The fraction of sp³-hybridized carbons (Fsp3) is 0.333. The number of aryl methyl sites for hydroxylation is 2. The first-order chi connectivity index (χ1) is 7.91. The van der Waals surface area contributed by atoms with Gasteiger partial charge in [0, 0.05) is 6.42 Å². The van der Waals surface area contributed by atoms with E-state index in [0.29, 0.717) is 5.56 Å².